The summed E-state index contributed by atoms with van der Waals surface area (Å²) in [5.74, 6) is 0.776. The number of fused-ring (bicyclic) bond motifs is 1. The average Bonchev–Trinajstić information content (AvgIpc) is 2.20. The third-order valence-electron chi connectivity index (χ3n) is 5.25. The highest BCUT2D eigenvalue weighted by Crippen LogP contribution is 2.58. The minimum absolute atomic E-state index is 0.0937. The number of carbonyl (C=O) groups is 1. The molecule has 0 amide bonds. The summed E-state index contributed by atoms with van der Waals surface area (Å²) in [6.45, 7) is 8.80. The fourth-order valence-electron chi connectivity index (χ4n) is 3.56. The molecule has 0 aromatic heterocycles. The molecule has 1 fully saturated rings. The Hall–Kier alpha value is -0.590. The third-order valence-corrected chi connectivity index (χ3v) is 5.25. The summed E-state index contributed by atoms with van der Waals surface area (Å²) in [5.41, 5.74) is 1.48. The first-order valence-electron chi connectivity index (χ1n) is 6.13. The quantitative estimate of drug-likeness (QED) is 0.552. The van der Waals surface area contributed by atoms with Crippen molar-refractivity contribution in [2.24, 2.45) is 16.7 Å². The van der Waals surface area contributed by atoms with Crippen molar-refractivity contribution in [1.82, 2.24) is 0 Å². The SMILES string of the molecule is CC1=CCCC2(C)C(=O)C(C)CCC12C. The maximum absolute atomic E-state index is 12.4. The van der Waals surface area contributed by atoms with Gasteiger partial charge in [-0.2, -0.15) is 0 Å². The number of hydrogen-bond acceptors (Lipinski definition) is 1. The molecule has 0 N–H and O–H groups in total. The molecule has 0 bridgehead atoms. The van der Waals surface area contributed by atoms with E-state index in [1.165, 1.54) is 12.0 Å². The number of rotatable bonds is 0. The summed E-state index contributed by atoms with van der Waals surface area (Å²) in [5, 5.41) is 0. The van der Waals surface area contributed by atoms with Gasteiger partial charge in [0.05, 0.1) is 0 Å². The van der Waals surface area contributed by atoms with E-state index in [-0.39, 0.29) is 16.7 Å². The molecule has 2 aliphatic carbocycles. The summed E-state index contributed by atoms with van der Waals surface area (Å²) in [6.07, 6.45) is 6.71. The molecule has 0 aromatic rings. The second-order valence-electron chi connectivity index (χ2n) is 5.89. The van der Waals surface area contributed by atoms with E-state index in [0.29, 0.717) is 5.78 Å². The molecule has 0 aromatic carbocycles. The van der Waals surface area contributed by atoms with Crippen LogP contribution in [-0.4, -0.2) is 5.78 Å². The van der Waals surface area contributed by atoms with Crippen LogP contribution in [0.4, 0.5) is 0 Å². The lowest BCUT2D eigenvalue weighted by atomic mass is 9.49. The minimum Gasteiger partial charge on any atom is -0.299 e. The van der Waals surface area contributed by atoms with Gasteiger partial charge in [0.2, 0.25) is 0 Å². The van der Waals surface area contributed by atoms with Gasteiger partial charge in [-0.05, 0) is 32.6 Å². The van der Waals surface area contributed by atoms with Gasteiger partial charge in [-0.25, -0.2) is 0 Å². The largest absolute Gasteiger partial charge is 0.299 e. The molecule has 2 rings (SSSR count). The van der Waals surface area contributed by atoms with Crippen LogP contribution in [0.2, 0.25) is 0 Å². The highest BCUT2D eigenvalue weighted by Gasteiger charge is 2.55. The molecule has 84 valence electrons. The molecule has 2 aliphatic rings. The van der Waals surface area contributed by atoms with Crippen molar-refractivity contribution in [3.8, 4) is 0 Å². The number of ketones is 1. The van der Waals surface area contributed by atoms with Crippen LogP contribution < -0.4 is 0 Å². The average molecular weight is 206 g/mol. The van der Waals surface area contributed by atoms with Gasteiger partial charge in [0.25, 0.3) is 0 Å². The molecule has 1 saturated carbocycles. The van der Waals surface area contributed by atoms with Crippen LogP contribution in [0.3, 0.4) is 0 Å². The predicted molar refractivity (Wildman–Crippen MR) is 62.6 cm³/mol. The molecule has 15 heavy (non-hydrogen) atoms. The first kappa shape index (κ1) is 10.9. The summed E-state index contributed by atoms with van der Waals surface area (Å²) < 4.78 is 0. The summed E-state index contributed by atoms with van der Waals surface area (Å²) >= 11 is 0. The van der Waals surface area contributed by atoms with Crippen molar-refractivity contribution in [3.05, 3.63) is 11.6 Å². The lowest BCUT2D eigenvalue weighted by Crippen LogP contribution is -2.52. The zero-order valence-electron chi connectivity index (χ0n) is 10.4. The fourth-order valence-corrected chi connectivity index (χ4v) is 3.56. The van der Waals surface area contributed by atoms with Crippen LogP contribution in [0.5, 0.6) is 0 Å². The molecule has 0 heterocycles. The van der Waals surface area contributed by atoms with E-state index in [9.17, 15) is 4.79 Å². The van der Waals surface area contributed by atoms with E-state index in [1.807, 2.05) is 0 Å². The monoisotopic (exact) mass is 206 g/mol. The van der Waals surface area contributed by atoms with Crippen molar-refractivity contribution < 1.29 is 4.79 Å². The lowest BCUT2D eigenvalue weighted by Gasteiger charge is -2.53. The fraction of sp³-hybridized carbons (Fsp3) is 0.786. The topological polar surface area (TPSA) is 17.1 Å². The standard InChI is InChI=1S/C14H22O/c1-10-7-9-13(3)11(2)6-5-8-14(13,4)12(10)15/h6,10H,5,7-9H2,1-4H3. The van der Waals surface area contributed by atoms with Gasteiger partial charge in [-0.3, -0.25) is 4.79 Å². The van der Waals surface area contributed by atoms with Gasteiger partial charge in [-0.15, -0.1) is 0 Å². The van der Waals surface area contributed by atoms with Crippen molar-refractivity contribution >= 4 is 5.78 Å². The Labute approximate surface area is 92.9 Å². The Morgan fingerprint density at radius 2 is 1.93 bits per heavy atom. The maximum Gasteiger partial charge on any atom is 0.142 e. The molecular formula is C14H22O. The first-order chi connectivity index (χ1) is 6.92. The maximum atomic E-state index is 12.4. The lowest BCUT2D eigenvalue weighted by molar-refractivity contribution is -0.144. The smallest absolute Gasteiger partial charge is 0.142 e. The van der Waals surface area contributed by atoms with Crippen molar-refractivity contribution in [3.63, 3.8) is 0 Å². The van der Waals surface area contributed by atoms with E-state index < -0.39 is 0 Å². The van der Waals surface area contributed by atoms with Gasteiger partial charge >= 0.3 is 0 Å². The molecule has 0 aliphatic heterocycles. The molecule has 0 saturated heterocycles. The molecule has 3 atom stereocenters. The molecule has 0 spiro atoms. The van der Waals surface area contributed by atoms with Crippen molar-refractivity contribution in [2.75, 3.05) is 0 Å². The van der Waals surface area contributed by atoms with Gasteiger partial charge in [0.15, 0.2) is 0 Å². The van der Waals surface area contributed by atoms with E-state index in [0.717, 1.165) is 19.3 Å². The Balaban J connectivity index is 2.48. The Bertz CT molecular complexity index is 328. The summed E-state index contributed by atoms with van der Waals surface area (Å²) in [4.78, 5) is 12.4. The molecule has 1 nitrogen and oxygen atoms in total. The van der Waals surface area contributed by atoms with Gasteiger partial charge in [0, 0.05) is 16.7 Å². The molecule has 3 unspecified atom stereocenters. The second kappa shape index (κ2) is 3.20. The van der Waals surface area contributed by atoms with E-state index in [4.69, 9.17) is 0 Å². The molecule has 1 heteroatoms. The Kier molecular flexibility index (Phi) is 2.33. The number of Topliss-reactive ketones (excluding diaryl/α,β-unsaturated/α-hetero) is 1. The highest BCUT2D eigenvalue weighted by molar-refractivity contribution is 5.89. The normalized spacial score (nSPS) is 46.0. The van der Waals surface area contributed by atoms with Crippen LogP contribution in [0.25, 0.3) is 0 Å². The summed E-state index contributed by atoms with van der Waals surface area (Å²) in [6, 6.07) is 0. The van der Waals surface area contributed by atoms with Crippen LogP contribution in [-0.2, 0) is 4.79 Å². The minimum atomic E-state index is -0.0937. The van der Waals surface area contributed by atoms with E-state index >= 15 is 0 Å². The number of allylic oxidation sites excluding steroid dienone is 2. The van der Waals surface area contributed by atoms with E-state index in [2.05, 4.69) is 33.8 Å². The van der Waals surface area contributed by atoms with Crippen LogP contribution in [0, 0.1) is 16.7 Å². The second-order valence-corrected chi connectivity index (χ2v) is 5.89. The van der Waals surface area contributed by atoms with Gasteiger partial charge < -0.3 is 0 Å². The van der Waals surface area contributed by atoms with Crippen LogP contribution >= 0.6 is 0 Å². The van der Waals surface area contributed by atoms with Crippen LogP contribution in [0.1, 0.15) is 53.4 Å². The predicted octanol–water partition coefficient (Wildman–Crippen LogP) is 3.74. The molecular weight excluding hydrogens is 184 g/mol. The van der Waals surface area contributed by atoms with Gasteiger partial charge in [0.1, 0.15) is 5.78 Å². The number of carbonyl (C=O) groups excluding carboxylic acids is 1. The summed E-state index contributed by atoms with van der Waals surface area (Å²) in [7, 11) is 0. The third kappa shape index (κ3) is 1.25. The highest BCUT2D eigenvalue weighted by atomic mass is 16.1. The zero-order valence-corrected chi connectivity index (χ0v) is 10.4. The van der Waals surface area contributed by atoms with Crippen molar-refractivity contribution in [1.29, 1.82) is 0 Å². The first-order valence-corrected chi connectivity index (χ1v) is 6.13. The zero-order chi connectivity index (χ0) is 11.3. The molecule has 0 radical (unpaired) electrons. The van der Waals surface area contributed by atoms with Crippen LogP contribution in [0.15, 0.2) is 11.6 Å². The Morgan fingerprint density at radius 3 is 2.60 bits per heavy atom. The Morgan fingerprint density at radius 1 is 1.27 bits per heavy atom. The van der Waals surface area contributed by atoms with E-state index in [1.54, 1.807) is 0 Å². The van der Waals surface area contributed by atoms with Gasteiger partial charge in [-0.1, -0.05) is 32.4 Å². The number of hydrogen-bond donors (Lipinski definition) is 0. The van der Waals surface area contributed by atoms with Crippen molar-refractivity contribution in [2.45, 2.75) is 53.4 Å².